The van der Waals surface area contributed by atoms with Gasteiger partial charge in [-0.2, -0.15) is 0 Å². The highest BCUT2D eigenvalue weighted by Crippen LogP contribution is 2.44. The number of nitrogens with zero attached hydrogens (tertiary/aromatic N) is 3. The van der Waals surface area contributed by atoms with Crippen molar-refractivity contribution in [2.75, 3.05) is 26.1 Å². The lowest BCUT2D eigenvalue weighted by Gasteiger charge is -2.20. The summed E-state index contributed by atoms with van der Waals surface area (Å²) in [6, 6.07) is 13.5. The number of aromatic hydroxyl groups is 1. The first-order valence-electron chi connectivity index (χ1n) is 16.4. The van der Waals surface area contributed by atoms with Gasteiger partial charge in [-0.05, 0) is 72.2 Å². The van der Waals surface area contributed by atoms with Crippen LogP contribution >= 0.6 is 0 Å². The number of Topliss-reactive ketones (excluding diaryl/α,β-unsaturated/α-hetero) is 1. The van der Waals surface area contributed by atoms with Gasteiger partial charge < -0.3 is 30.0 Å². The van der Waals surface area contributed by atoms with Gasteiger partial charge in [0.2, 0.25) is 0 Å². The molecule has 0 spiro atoms. The normalized spacial score (nSPS) is 22.2. The maximum Gasteiger partial charge on any atom is 0.259 e. The van der Waals surface area contributed by atoms with Crippen molar-refractivity contribution in [3.05, 3.63) is 88.6 Å². The second kappa shape index (κ2) is 12.0. The van der Waals surface area contributed by atoms with Crippen LogP contribution in [-0.2, 0) is 0 Å². The highest BCUT2D eigenvalue weighted by Gasteiger charge is 2.39. The zero-order valence-electron chi connectivity index (χ0n) is 26.6. The summed E-state index contributed by atoms with van der Waals surface area (Å²) in [5.41, 5.74) is 11.8. The van der Waals surface area contributed by atoms with E-state index < -0.39 is 6.04 Å². The van der Waals surface area contributed by atoms with Crippen LogP contribution in [0.2, 0.25) is 0 Å². The van der Waals surface area contributed by atoms with Crippen LogP contribution in [0.15, 0.2) is 76.4 Å². The van der Waals surface area contributed by atoms with Gasteiger partial charge in [0, 0.05) is 54.2 Å². The molecule has 1 fully saturated rings. The van der Waals surface area contributed by atoms with E-state index >= 15 is 0 Å². The van der Waals surface area contributed by atoms with Gasteiger partial charge in [-0.3, -0.25) is 19.6 Å². The Morgan fingerprint density at radius 3 is 2.52 bits per heavy atom. The topological polar surface area (TPSA) is 136 Å². The summed E-state index contributed by atoms with van der Waals surface area (Å²) in [6.45, 7) is 0.567. The van der Waals surface area contributed by atoms with Crippen LogP contribution in [0.3, 0.4) is 0 Å². The lowest BCUT2D eigenvalue weighted by Crippen LogP contribution is -2.30. The fourth-order valence-electron chi connectivity index (χ4n) is 6.93. The molecule has 1 saturated carbocycles. The van der Waals surface area contributed by atoms with Gasteiger partial charge in [0.25, 0.3) is 5.91 Å². The third-order valence-corrected chi connectivity index (χ3v) is 9.70. The molecule has 8 rings (SSSR count). The van der Waals surface area contributed by atoms with Crippen LogP contribution in [0.4, 0.5) is 11.4 Å². The van der Waals surface area contributed by atoms with Crippen LogP contribution < -0.4 is 19.9 Å². The van der Waals surface area contributed by atoms with Gasteiger partial charge in [0.1, 0.15) is 6.04 Å². The first-order valence-corrected chi connectivity index (χ1v) is 16.4. The molecule has 3 aromatic rings. The first-order chi connectivity index (χ1) is 23.4. The Morgan fingerprint density at radius 1 is 0.958 bits per heavy atom. The van der Waals surface area contributed by atoms with Crippen molar-refractivity contribution in [1.82, 2.24) is 4.90 Å². The molecule has 1 amide bonds. The molecular weight excluding hydrogens is 608 g/mol. The first kappa shape index (κ1) is 30.0. The summed E-state index contributed by atoms with van der Waals surface area (Å²) in [4.78, 5) is 38.2. The van der Waals surface area contributed by atoms with Gasteiger partial charge in [0.05, 0.1) is 37.6 Å². The molecule has 0 saturated heterocycles. The molecule has 3 N–H and O–H groups in total. The summed E-state index contributed by atoms with van der Waals surface area (Å²) in [6.07, 6.45) is 12.4. The van der Waals surface area contributed by atoms with Crippen LogP contribution in [0.25, 0.3) is 6.08 Å². The summed E-state index contributed by atoms with van der Waals surface area (Å²) in [5, 5.41) is 10.8. The number of phenols is 1. The van der Waals surface area contributed by atoms with Crippen molar-refractivity contribution in [2.45, 2.75) is 44.2 Å². The second-order valence-corrected chi connectivity index (χ2v) is 13.0. The number of hydrogen-bond donors (Lipinski definition) is 2. The lowest BCUT2D eigenvalue weighted by molar-refractivity contribution is 0.0807. The number of ether oxygens (including phenoxy) is 3. The molecule has 3 aromatic carbocycles. The number of hydrogen-bond acceptors (Lipinski definition) is 9. The number of carbonyl (C=O) groups is 2. The van der Waals surface area contributed by atoms with E-state index in [-0.39, 0.29) is 41.8 Å². The Bertz CT molecular complexity index is 1940. The number of anilines is 1. The molecule has 5 aliphatic rings. The quantitative estimate of drug-likeness (QED) is 0.211. The number of nitrogen functional groups attached to an aromatic ring is 1. The Kier molecular flexibility index (Phi) is 7.50. The van der Waals surface area contributed by atoms with Crippen LogP contribution in [0.5, 0.6) is 23.0 Å². The molecule has 0 bridgehead atoms. The van der Waals surface area contributed by atoms with Crippen LogP contribution in [0, 0.1) is 11.8 Å². The number of methoxy groups -OCH3 is 1. The van der Waals surface area contributed by atoms with Gasteiger partial charge in [-0.1, -0.05) is 24.3 Å². The van der Waals surface area contributed by atoms with Crippen molar-refractivity contribution in [2.24, 2.45) is 21.8 Å². The minimum absolute atomic E-state index is 0.0284. The number of benzene rings is 3. The number of carbonyl (C=O) groups excluding carboxylic acids is 2. The monoisotopic (exact) mass is 644 g/mol. The highest BCUT2D eigenvalue weighted by atomic mass is 16.5. The summed E-state index contributed by atoms with van der Waals surface area (Å²) >= 11 is 0. The number of aliphatic imine (C=N–C) groups is 2. The molecule has 48 heavy (non-hydrogen) atoms. The Labute approximate surface area is 278 Å². The lowest BCUT2D eigenvalue weighted by atomic mass is 9.92. The van der Waals surface area contributed by atoms with Crippen molar-refractivity contribution in [1.29, 1.82) is 0 Å². The van der Waals surface area contributed by atoms with Gasteiger partial charge >= 0.3 is 0 Å². The number of fused-ring (bicyclic) bond motifs is 4. The predicted octanol–water partition coefficient (Wildman–Crippen LogP) is 6.14. The van der Waals surface area contributed by atoms with E-state index in [1.807, 2.05) is 47.5 Å². The predicted molar refractivity (Wildman–Crippen MR) is 183 cm³/mol. The van der Waals surface area contributed by atoms with E-state index in [1.54, 1.807) is 25.5 Å². The molecule has 10 nitrogen and oxygen atoms in total. The molecule has 10 heteroatoms. The van der Waals surface area contributed by atoms with E-state index in [0.29, 0.717) is 59.4 Å². The second-order valence-electron chi connectivity index (χ2n) is 13.0. The zero-order chi connectivity index (χ0) is 32.9. The number of nitrogens with two attached hydrogens (primary N) is 1. The van der Waals surface area contributed by atoms with E-state index in [4.69, 9.17) is 24.9 Å². The summed E-state index contributed by atoms with van der Waals surface area (Å²) in [5.74, 6) is 1.38. The zero-order valence-corrected chi connectivity index (χ0v) is 26.6. The number of amides is 1. The van der Waals surface area contributed by atoms with Gasteiger partial charge in [0.15, 0.2) is 28.8 Å². The van der Waals surface area contributed by atoms with Gasteiger partial charge in [-0.15, -0.1) is 0 Å². The standard InChI is InChI=1S/C38H36N4O6/c1-46-34-17-28-23(7-10-27-13-25(21-3-4-21)20-42(27)38(28)45)15-35(34)48-12-2-11-47-33-18-31-29(16-32(33)43)37(44)36-24(19-40-31)14-30(41-36)22-5-8-26(39)9-6-22/h5-10,15-21,24,27,36,43H,2-4,11-14,39H2,1H3/t24-,27+,36?/m0/s1. The number of phenolic OH excluding ortho intramolecular Hbond substituents is 1. The van der Waals surface area contributed by atoms with Crippen molar-refractivity contribution >= 4 is 41.1 Å². The molecule has 0 radical (unpaired) electrons. The fourth-order valence-corrected chi connectivity index (χ4v) is 6.93. The van der Waals surface area contributed by atoms with Crippen molar-refractivity contribution in [3.8, 4) is 23.0 Å². The van der Waals surface area contributed by atoms with E-state index in [2.05, 4.69) is 11.1 Å². The third-order valence-electron chi connectivity index (χ3n) is 9.70. The Balaban J connectivity index is 0.902. The minimum Gasteiger partial charge on any atom is -0.504 e. The Morgan fingerprint density at radius 2 is 1.75 bits per heavy atom. The largest absolute Gasteiger partial charge is 0.504 e. The van der Waals surface area contributed by atoms with Crippen LogP contribution in [0.1, 0.15) is 63.9 Å². The van der Waals surface area contributed by atoms with E-state index in [9.17, 15) is 14.7 Å². The van der Waals surface area contributed by atoms with Crippen LogP contribution in [-0.4, -0.2) is 66.0 Å². The van der Waals surface area contributed by atoms with Gasteiger partial charge in [-0.25, -0.2) is 0 Å². The SMILES string of the molecule is COc1cc2c(cc1OCCCOc1cc3c(cc1O)C(=O)C1N=C(c4ccc(N)cc4)C[C@H]1C=N3)C=C[C@@H]1CC(C3CC3)=CN1C2=O. The minimum atomic E-state index is -0.599. The Hall–Kier alpha value is -5.38. The van der Waals surface area contributed by atoms with E-state index in [0.717, 1.165) is 23.3 Å². The molecule has 0 aromatic heterocycles. The molecular formula is C38H36N4O6. The fraction of sp³-hybridized carbons (Fsp3) is 0.316. The highest BCUT2D eigenvalue weighted by molar-refractivity contribution is 6.13. The molecule has 1 unspecified atom stereocenters. The smallest absolute Gasteiger partial charge is 0.259 e. The average Bonchev–Trinajstić information content (AvgIpc) is 3.77. The van der Waals surface area contributed by atoms with Crippen molar-refractivity contribution < 1.29 is 28.9 Å². The maximum atomic E-state index is 13.5. The van der Waals surface area contributed by atoms with Crippen molar-refractivity contribution in [3.63, 3.8) is 0 Å². The average molecular weight is 645 g/mol. The molecule has 244 valence electrons. The number of ketones is 1. The third kappa shape index (κ3) is 5.51. The molecule has 1 aliphatic carbocycles. The maximum absolute atomic E-state index is 13.5. The van der Waals surface area contributed by atoms with E-state index in [1.165, 1.54) is 24.5 Å². The number of rotatable bonds is 9. The molecule has 3 atom stereocenters. The molecule has 4 aliphatic heterocycles. The summed E-state index contributed by atoms with van der Waals surface area (Å²) < 4.78 is 17.6. The molecule has 4 heterocycles. The summed E-state index contributed by atoms with van der Waals surface area (Å²) in [7, 11) is 1.56.